The van der Waals surface area contributed by atoms with Crippen LogP contribution in [0.3, 0.4) is 0 Å². The molecule has 20 heavy (non-hydrogen) atoms. The number of hydrogen-bond acceptors (Lipinski definition) is 1. The van der Waals surface area contributed by atoms with Gasteiger partial charge in [0.05, 0.1) is 0 Å². The zero-order chi connectivity index (χ0) is 14.1. The standard InChI is InChI=1S/C15H16ClFN2O/c16-14(17)15(20)18-9-6-7-13-11(8-9)10-4-2-1-3-5-12(10)19-13/h6-8,14,19H,1-5H2,(H,18,20). The summed E-state index contributed by atoms with van der Waals surface area (Å²) in [7, 11) is 0. The van der Waals surface area contributed by atoms with E-state index < -0.39 is 11.5 Å². The van der Waals surface area contributed by atoms with Crippen molar-refractivity contribution in [3.8, 4) is 0 Å². The van der Waals surface area contributed by atoms with Crippen LogP contribution in [0.5, 0.6) is 0 Å². The fourth-order valence-corrected chi connectivity index (χ4v) is 2.91. The lowest BCUT2D eigenvalue weighted by Gasteiger charge is -2.05. The Bertz CT molecular complexity index is 651. The number of benzene rings is 1. The highest BCUT2D eigenvalue weighted by Crippen LogP contribution is 2.30. The van der Waals surface area contributed by atoms with E-state index in [1.165, 1.54) is 30.5 Å². The Morgan fingerprint density at radius 1 is 1.30 bits per heavy atom. The number of alkyl halides is 2. The van der Waals surface area contributed by atoms with Crippen molar-refractivity contribution in [1.82, 2.24) is 4.98 Å². The number of anilines is 1. The molecule has 0 fully saturated rings. The van der Waals surface area contributed by atoms with E-state index in [1.54, 1.807) is 6.07 Å². The second-order valence-corrected chi connectivity index (χ2v) is 5.58. The van der Waals surface area contributed by atoms with Crippen molar-refractivity contribution >= 4 is 34.1 Å². The van der Waals surface area contributed by atoms with Gasteiger partial charge in [0.1, 0.15) is 0 Å². The van der Waals surface area contributed by atoms with E-state index in [9.17, 15) is 9.18 Å². The quantitative estimate of drug-likeness (QED) is 0.640. The largest absolute Gasteiger partial charge is 0.358 e. The predicted octanol–water partition coefficient (Wildman–Crippen LogP) is 3.91. The van der Waals surface area contributed by atoms with Crippen LogP contribution in [0.15, 0.2) is 18.2 Å². The first-order valence-corrected chi connectivity index (χ1v) is 7.31. The molecule has 2 N–H and O–H groups in total. The first-order valence-electron chi connectivity index (χ1n) is 6.87. The summed E-state index contributed by atoms with van der Waals surface area (Å²) in [6, 6.07) is 5.57. The van der Waals surface area contributed by atoms with Crippen LogP contribution in [0, 0.1) is 0 Å². The number of carbonyl (C=O) groups is 1. The van der Waals surface area contributed by atoms with Crippen LogP contribution in [-0.4, -0.2) is 16.5 Å². The number of rotatable bonds is 2. The van der Waals surface area contributed by atoms with Gasteiger partial charge in [-0.3, -0.25) is 4.79 Å². The smallest absolute Gasteiger partial charge is 0.274 e. The van der Waals surface area contributed by atoms with Crippen molar-refractivity contribution in [3.63, 3.8) is 0 Å². The van der Waals surface area contributed by atoms with Gasteiger partial charge in [-0.15, -0.1) is 0 Å². The van der Waals surface area contributed by atoms with E-state index in [1.807, 2.05) is 12.1 Å². The number of hydrogen-bond donors (Lipinski definition) is 2. The maximum atomic E-state index is 12.7. The van der Waals surface area contributed by atoms with Crippen molar-refractivity contribution in [2.45, 2.75) is 37.7 Å². The third kappa shape index (κ3) is 2.52. The number of amides is 1. The van der Waals surface area contributed by atoms with Gasteiger partial charge in [-0.25, -0.2) is 4.39 Å². The van der Waals surface area contributed by atoms with Crippen LogP contribution in [0.1, 0.15) is 30.5 Å². The molecule has 1 aromatic carbocycles. The fourth-order valence-electron chi connectivity index (χ4n) is 2.86. The minimum absolute atomic E-state index is 0.580. The first-order chi connectivity index (χ1) is 9.65. The molecular formula is C15H16ClFN2O. The highest BCUT2D eigenvalue weighted by molar-refractivity contribution is 6.31. The summed E-state index contributed by atoms with van der Waals surface area (Å²) in [6.45, 7) is 0. The number of aryl methyl sites for hydroxylation is 2. The maximum absolute atomic E-state index is 12.7. The molecule has 1 unspecified atom stereocenters. The molecule has 1 heterocycles. The average molecular weight is 295 g/mol. The minimum Gasteiger partial charge on any atom is -0.358 e. The lowest BCUT2D eigenvalue weighted by molar-refractivity contribution is -0.118. The number of aromatic nitrogens is 1. The van der Waals surface area contributed by atoms with Crippen LogP contribution in [0.25, 0.3) is 10.9 Å². The summed E-state index contributed by atoms with van der Waals surface area (Å²) in [5.74, 6) is -0.826. The van der Waals surface area contributed by atoms with Gasteiger partial charge in [-0.1, -0.05) is 18.0 Å². The molecule has 5 heteroatoms. The summed E-state index contributed by atoms with van der Waals surface area (Å²) in [5, 5.41) is 3.60. The van der Waals surface area contributed by atoms with E-state index in [0.717, 1.165) is 23.7 Å². The van der Waals surface area contributed by atoms with Crippen LogP contribution in [0.4, 0.5) is 10.1 Å². The molecule has 3 rings (SSSR count). The Morgan fingerprint density at radius 3 is 2.90 bits per heavy atom. The molecule has 0 saturated carbocycles. The van der Waals surface area contributed by atoms with Crippen LogP contribution in [-0.2, 0) is 17.6 Å². The zero-order valence-corrected chi connectivity index (χ0v) is 11.8. The van der Waals surface area contributed by atoms with Gasteiger partial charge in [0.25, 0.3) is 11.5 Å². The molecule has 0 saturated heterocycles. The van der Waals surface area contributed by atoms with Gasteiger partial charge in [-0.2, -0.15) is 0 Å². The normalized spacial score (nSPS) is 16.5. The van der Waals surface area contributed by atoms with Gasteiger partial charge in [-0.05, 0) is 49.4 Å². The Hall–Kier alpha value is -1.55. The van der Waals surface area contributed by atoms with Crippen LogP contribution >= 0.6 is 11.6 Å². The number of H-pyrrole nitrogens is 1. The number of carbonyl (C=O) groups excluding carboxylic acids is 1. The fraction of sp³-hybridized carbons (Fsp3) is 0.400. The maximum Gasteiger partial charge on any atom is 0.274 e. The lowest BCUT2D eigenvalue weighted by atomic mass is 10.1. The molecule has 1 atom stereocenters. The van der Waals surface area contributed by atoms with E-state index in [2.05, 4.69) is 10.3 Å². The molecule has 1 aromatic heterocycles. The summed E-state index contributed by atoms with van der Waals surface area (Å²) in [6.07, 6.45) is 5.76. The summed E-state index contributed by atoms with van der Waals surface area (Å²) >= 11 is 5.13. The molecule has 0 aliphatic heterocycles. The second kappa shape index (κ2) is 5.44. The van der Waals surface area contributed by atoms with Gasteiger partial charge < -0.3 is 10.3 Å². The van der Waals surface area contributed by atoms with Crippen molar-refractivity contribution in [2.24, 2.45) is 0 Å². The summed E-state index contributed by atoms with van der Waals surface area (Å²) in [5.41, 5.74) is 2.25. The number of aromatic amines is 1. The average Bonchev–Trinajstić information content (AvgIpc) is 2.61. The molecular weight excluding hydrogens is 279 g/mol. The summed E-state index contributed by atoms with van der Waals surface area (Å²) < 4.78 is 12.7. The molecule has 0 spiro atoms. The predicted molar refractivity (Wildman–Crippen MR) is 78.9 cm³/mol. The highest BCUT2D eigenvalue weighted by Gasteiger charge is 2.16. The molecule has 106 valence electrons. The second-order valence-electron chi connectivity index (χ2n) is 5.19. The molecule has 0 bridgehead atoms. The molecule has 0 radical (unpaired) electrons. The number of halogens is 2. The highest BCUT2D eigenvalue weighted by atomic mass is 35.5. The molecule has 1 amide bonds. The molecule has 3 nitrogen and oxygen atoms in total. The van der Waals surface area contributed by atoms with Gasteiger partial charge in [0.15, 0.2) is 0 Å². The minimum atomic E-state index is -2.02. The van der Waals surface area contributed by atoms with E-state index in [0.29, 0.717) is 5.69 Å². The Morgan fingerprint density at radius 2 is 2.10 bits per heavy atom. The molecule has 1 aliphatic rings. The van der Waals surface area contributed by atoms with Crippen LogP contribution in [0.2, 0.25) is 0 Å². The first kappa shape index (κ1) is 13.4. The number of nitrogens with one attached hydrogen (secondary N) is 2. The molecule has 1 aliphatic carbocycles. The SMILES string of the molecule is O=C(Nc1ccc2[nH]c3c(c2c1)CCCCC3)C(F)Cl. The third-order valence-electron chi connectivity index (χ3n) is 3.81. The van der Waals surface area contributed by atoms with Crippen molar-refractivity contribution in [2.75, 3.05) is 5.32 Å². The van der Waals surface area contributed by atoms with Gasteiger partial charge in [0.2, 0.25) is 0 Å². The Kier molecular flexibility index (Phi) is 3.66. The van der Waals surface area contributed by atoms with E-state index >= 15 is 0 Å². The summed E-state index contributed by atoms with van der Waals surface area (Å²) in [4.78, 5) is 14.8. The van der Waals surface area contributed by atoms with Crippen molar-refractivity contribution < 1.29 is 9.18 Å². The Balaban J connectivity index is 1.97. The number of fused-ring (bicyclic) bond motifs is 3. The van der Waals surface area contributed by atoms with Crippen molar-refractivity contribution in [3.05, 3.63) is 29.5 Å². The molecule has 2 aromatic rings. The van der Waals surface area contributed by atoms with Crippen LogP contribution < -0.4 is 5.32 Å². The van der Waals surface area contributed by atoms with Crippen molar-refractivity contribution in [1.29, 1.82) is 0 Å². The lowest BCUT2D eigenvalue weighted by Crippen LogP contribution is -2.19. The van der Waals surface area contributed by atoms with Gasteiger partial charge in [0, 0.05) is 22.3 Å². The van der Waals surface area contributed by atoms with E-state index in [4.69, 9.17) is 11.6 Å². The Labute approximate surface area is 121 Å². The zero-order valence-electron chi connectivity index (χ0n) is 11.0. The van der Waals surface area contributed by atoms with E-state index in [-0.39, 0.29) is 0 Å². The third-order valence-corrected chi connectivity index (χ3v) is 4.01. The topological polar surface area (TPSA) is 44.9 Å². The van der Waals surface area contributed by atoms with Gasteiger partial charge >= 0.3 is 0 Å². The monoisotopic (exact) mass is 294 g/mol.